The Balaban J connectivity index is 2.84. The molecule has 5 N–H and O–H groups in total. The molecule has 7 nitrogen and oxygen atoms in total. The Morgan fingerprint density at radius 2 is 1.95 bits per heavy atom. The minimum atomic E-state index is -1.60. The van der Waals surface area contributed by atoms with Gasteiger partial charge >= 0.3 is 12.0 Å². The number of aryl methyl sites for hydroxylation is 1. The summed E-state index contributed by atoms with van der Waals surface area (Å²) in [6.45, 7) is 1.37. The SMILES string of the molecule is Cc1ccc(F)c(NC(=O)N[C@@H](CC(N)=O)C(=O)O)c1F. The van der Waals surface area contributed by atoms with Crippen molar-refractivity contribution in [3.63, 3.8) is 0 Å². The van der Waals surface area contributed by atoms with Gasteiger partial charge in [0.1, 0.15) is 17.5 Å². The zero-order chi connectivity index (χ0) is 16.2. The van der Waals surface area contributed by atoms with Crippen molar-refractivity contribution in [2.45, 2.75) is 19.4 Å². The summed E-state index contributed by atoms with van der Waals surface area (Å²) >= 11 is 0. The fraction of sp³-hybridized carbons (Fsp3) is 0.250. The number of halogens is 2. The van der Waals surface area contributed by atoms with E-state index < -0.39 is 47.7 Å². The molecule has 1 rings (SSSR count). The fourth-order valence-electron chi connectivity index (χ4n) is 1.48. The lowest BCUT2D eigenvalue weighted by atomic mass is 10.2. The minimum Gasteiger partial charge on any atom is -0.480 e. The summed E-state index contributed by atoms with van der Waals surface area (Å²) in [6, 6.07) is -0.641. The van der Waals surface area contributed by atoms with Crippen LogP contribution in [0.15, 0.2) is 12.1 Å². The molecular weight excluding hydrogens is 288 g/mol. The number of benzene rings is 1. The van der Waals surface area contributed by atoms with Crippen molar-refractivity contribution in [3.05, 3.63) is 29.3 Å². The van der Waals surface area contributed by atoms with Gasteiger partial charge in [-0.2, -0.15) is 0 Å². The van der Waals surface area contributed by atoms with E-state index in [-0.39, 0.29) is 5.56 Å². The first kappa shape index (κ1) is 16.3. The Bertz CT molecular complexity index is 592. The molecule has 0 bridgehead atoms. The number of hydrogen-bond acceptors (Lipinski definition) is 3. The van der Waals surface area contributed by atoms with E-state index in [1.165, 1.54) is 13.0 Å². The van der Waals surface area contributed by atoms with Crippen molar-refractivity contribution in [2.24, 2.45) is 5.73 Å². The molecule has 0 aliphatic heterocycles. The zero-order valence-electron chi connectivity index (χ0n) is 10.9. The van der Waals surface area contributed by atoms with Crippen molar-refractivity contribution in [1.29, 1.82) is 0 Å². The van der Waals surface area contributed by atoms with Crippen molar-refractivity contribution < 1.29 is 28.3 Å². The summed E-state index contributed by atoms with van der Waals surface area (Å²) in [4.78, 5) is 33.0. The van der Waals surface area contributed by atoms with E-state index in [0.717, 1.165) is 6.07 Å². The Hall–Kier alpha value is -2.71. The number of nitrogens with two attached hydrogens (primary N) is 1. The van der Waals surface area contributed by atoms with Gasteiger partial charge in [-0.1, -0.05) is 6.07 Å². The highest BCUT2D eigenvalue weighted by Gasteiger charge is 2.23. The summed E-state index contributed by atoms with van der Waals surface area (Å²) in [5, 5.41) is 12.5. The fourth-order valence-corrected chi connectivity index (χ4v) is 1.48. The van der Waals surface area contributed by atoms with Crippen LogP contribution in [0.1, 0.15) is 12.0 Å². The summed E-state index contributed by atoms with van der Waals surface area (Å²) in [6.07, 6.45) is -0.651. The number of hydrogen-bond donors (Lipinski definition) is 4. The number of carboxylic acids is 1. The van der Waals surface area contributed by atoms with Gasteiger partial charge in [-0.15, -0.1) is 0 Å². The van der Waals surface area contributed by atoms with Crippen LogP contribution in [-0.4, -0.2) is 29.1 Å². The molecule has 0 fully saturated rings. The molecule has 0 aliphatic rings. The molecule has 0 spiro atoms. The van der Waals surface area contributed by atoms with E-state index in [1.807, 2.05) is 10.6 Å². The Morgan fingerprint density at radius 1 is 1.33 bits per heavy atom. The van der Waals surface area contributed by atoms with Crippen LogP contribution in [0.25, 0.3) is 0 Å². The number of primary amides is 1. The van der Waals surface area contributed by atoms with Crippen molar-refractivity contribution >= 4 is 23.6 Å². The molecule has 0 unspecified atom stereocenters. The van der Waals surface area contributed by atoms with Gasteiger partial charge < -0.3 is 21.5 Å². The van der Waals surface area contributed by atoms with Crippen LogP contribution in [-0.2, 0) is 9.59 Å². The lowest BCUT2D eigenvalue weighted by Gasteiger charge is -2.14. The maximum atomic E-state index is 13.7. The molecule has 114 valence electrons. The van der Waals surface area contributed by atoms with Gasteiger partial charge in [-0.05, 0) is 18.6 Å². The average molecular weight is 301 g/mol. The molecule has 1 atom stereocenters. The lowest BCUT2D eigenvalue weighted by molar-refractivity contribution is -0.140. The van der Waals surface area contributed by atoms with Crippen molar-refractivity contribution in [1.82, 2.24) is 5.32 Å². The number of carbonyl (C=O) groups excluding carboxylic acids is 2. The monoisotopic (exact) mass is 301 g/mol. The molecule has 1 aromatic rings. The molecule has 0 radical (unpaired) electrons. The predicted molar refractivity (Wildman–Crippen MR) is 68.5 cm³/mol. The third-order valence-electron chi connectivity index (χ3n) is 2.53. The maximum absolute atomic E-state index is 13.7. The molecule has 0 aromatic heterocycles. The largest absolute Gasteiger partial charge is 0.480 e. The summed E-state index contributed by atoms with van der Waals surface area (Å²) in [7, 11) is 0. The van der Waals surface area contributed by atoms with Crippen LogP contribution >= 0.6 is 0 Å². The highest BCUT2D eigenvalue weighted by atomic mass is 19.1. The van der Waals surface area contributed by atoms with E-state index in [4.69, 9.17) is 10.8 Å². The van der Waals surface area contributed by atoms with Gasteiger partial charge in [0.25, 0.3) is 0 Å². The van der Waals surface area contributed by atoms with E-state index in [0.29, 0.717) is 0 Å². The normalized spacial score (nSPS) is 11.6. The van der Waals surface area contributed by atoms with Crippen LogP contribution in [0.4, 0.5) is 19.3 Å². The number of rotatable bonds is 5. The first-order valence-corrected chi connectivity index (χ1v) is 5.75. The number of aliphatic carboxylic acids is 1. The molecule has 0 heterocycles. The number of anilines is 1. The average Bonchev–Trinajstić information content (AvgIpc) is 2.38. The smallest absolute Gasteiger partial charge is 0.326 e. The minimum absolute atomic E-state index is 0.0959. The number of nitrogens with one attached hydrogen (secondary N) is 2. The van der Waals surface area contributed by atoms with Crippen LogP contribution < -0.4 is 16.4 Å². The second-order valence-electron chi connectivity index (χ2n) is 4.21. The third-order valence-corrected chi connectivity index (χ3v) is 2.53. The highest BCUT2D eigenvalue weighted by Crippen LogP contribution is 2.21. The molecule has 9 heteroatoms. The van der Waals surface area contributed by atoms with Gasteiger partial charge in [0.05, 0.1) is 6.42 Å². The molecule has 1 aromatic carbocycles. The van der Waals surface area contributed by atoms with Crippen molar-refractivity contribution in [3.8, 4) is 0 Å². The summed E-state index contributed by atoms with van der Waals surface area (Å²) in [5.74, 6) is -4.45. The first-order chi connectivity index (χ1) is 9.72. The maximum Gasteiger partial charge on any atom is 0.326 e. The van der Waals surface area contributed by atoms with Crippen LogP contribution in [0.2, 0.25) is 0 Å². The van der Waals surface area contributed by atoms with Gasteiger partial charge in [0, 0.05) is 0 Å². The van der Waals surface area contributed by atoms with Gasteiger partial charge in [-0.25, -0.2) is 18.4 Å². The van der Waals surface area contributed by atoms with E-state index in [9.17, 15) is 23.2 Å². The summed E-state index contributed by atoms with van der Waals surface area (Å²) in [5.41, 5.74) is 4.22. The van der Waals surface area contributed by atoms with E-state index >= 15 is 0 Å². The van der Waals surface area contributed by atoms with Crippen LogP contribution in [0.3, 0.4) is 0 Å². The number of urea groups is 1. The number of carboxylic acid groups (broad SMARTS) is 1. The first-order valence-electron chi connectivity index (χ1n) is 5.75. The topological polar surface area (TPSA) is 122 Å². The number of amides is 3. The molecule has 0 saturated heterocycles. The molecule has 0 saturated carbocycles. The molecule has 0 aliphatic carbocycles. The molecular formula is C12H13F2N3O4. The molecule has 3 amide bonds. The Labute approximate surface area is 118 Å². The predicted octanol–water partition coefficient (Wildman–Crippen LogP) is 0.723. The summed E-state index contributed by atoms with van der Waals surface area (Å²) < 4.78 is 27.1. The highest BCUT2D eigenvalue weighted by molar-refractivity contribution is 5.94. The van der Waals surface area contributed by atoms with Crippen molar-refractivity contribution in [2.75, 3.05) is 5.32 Å². The zero-order valence-corrected chi connectivity index (χ0v) is 10.9. The van der Waals surface area contributed by atoms with Crippen LogP contribution in [0, 0.1) is 18.6 Å². The van der Waals surface area contributed by atoms with Gasteiger partial charge in [-0.3, -0.25) is 4.79 Å². The van der Waals surface area contributed by atoms with Gasteiger partial charge in [0.15, 0.2) is 5.82 Å². The lowest BCUT2D eigenvalue weighted by Crippen LogP contribution is -2.45. The standard InChI is InChI=1S/C12H13F2N3O4/c1-5-2-3-6(13)10(9(5)14)17-12(21)16-7(11(19)20)4-8(15)18/h2-3,7H,4H2,1H3,(H2,15,18)(H,19,20)(H2,16,17,21)/t7-/m0/s1. The molecule has 21 heavy (non-hydrogen) atoms. The van der Waals surface area contributed by atoms with E-state index in [1.54, 1.807) is 0 Å². The Morgan fingerprint density at radius 3 is 2.48 bits per heavy atom. The van der Waals surface area contributed by atoms with Crippen LogP contribution in [0.5, 0.6) is 0 Å². The third kappa shape index (κ3) is 4.41. The second-order valence-corrected chi connectivity index (χ2v) is 4.21. The number of carbonyl (C=O) groups is 3. The second kappa shape index (κ2) is 6.64. The Kier molecular flexibility index (Phi) is 5.17. The van der Waals surface area contributed by atoms with Gasteiger partial charge in [0.2, 0.25) is 5.91 Å². The quantitative estimate of drug-likeness (QED) is 0.640. The van der Waals surface area contributed by atoms with E-state index in [2.05, 4.69) is 0 Å².